The molecular formula is C17H24BrClO. The Morgan fingerprint density at radius 3 is 2.50 bits per heavy atom. The van der Waals surface area contributed by atoms with Gasteiger partial charge in [-0.25, -0.2) is 0 Å². The second-order valence-electron chi connectivity index (χ2n) is 6.42. The van der Waals surface area contributed by atoms with Gasteiger partial charge >= 0.3 is 0 Å². The van der Waals surface area contributed by atoms with Crippen LogP contribution in [0.5, 0.6) is 5.75 Å². The highest BCUT2D eigenvalue weighted by atomic mass is 79.9. The first-order valence-corrected chi connectivity index (χ1v) is 8.75. The van der Waals surface area contributed by atoms with E-state index < -0.39 is 0 Å². The maximum Gasteiger partial charge on any atom is 0.123 e. The standard InChI is InChI=1S/C17H24BrClO/c1-12(2)11-17(8-4-5-9-17)16(18)14-10-13(19)6-7-15(14)20-3/h6-7,10,12,16H,4-5,8-9,11H2,1-3H3. The van der Waals surface area contributed by atoms with Gasteiger partial charge in [0.05, 0.1) is 7.11 Å². The number of hydrogen-bond donors (Lipinski definition) is 0. The number of hydrogen-bond acceptors (Lipinski definition) is 1. The summed E-state index contributed by atoms with van der Waals surface area (Å²) in [6.07, 6.45) is 6.49. The molecule has 0 aromatic heterocycles. The van der Waals surface area contributed by atoms with E-state index in [1.54, 1.807) is 7.11 Å². The molecule has 1 aromatic rings. The Kier molecular flexibility index (Phi) is 5.42. The van der Waals surface area contributed by atoms with Gasteiger partial charge in [-0.3, -0.25) is 0 Å². The molecule has 1 fully saturated rings. The summed E-state index contributed by atoms with van der Waals surface area (Å²) in [4.78, 5) is 0.313. The van der Waals surface area contributed by atoms with Gasteiger partial charge in [0.1, 0.15) is 5.75 Å². The van der Waals surface area contributed by atoms with Crippen molar-refractivity contribution in [1.29, 1.82) is 0 Å². The lowest BCUT2D eigenvalue weighted by molar-refractivity contribution is 0.227. The number of benzene rings is 1. The second-order valence-corrected chi connectivity index (χ2v) is 7.77. The average molecular weight is 360 g/mol. The van der Waals surface area contributed by atoms with E-state index in [-0.39, 0.29) is 0 Å². The van der Waals surface area contributed by atoms with Crippen molar-refractivity contribution in [3.8, 4) is 5.75 Å². The number of rotatable bonds is 5. The topological polar surface area (TPSA) is 9.23 Å². The molecule has 20 heavy (non-hydrogen) atoms. The van der Waals surface area contributed by atoms with Gasteiger partial charge in [-0.05, 0) is 48.8 Å². The highest BCUT2D eigenvalue weighted by molar-refractivity contribution is 9.09. The van der Waals surface area contributed by atoms with Crippen molar-refractivity contribution in [2.75, 3.05) is 7.11 Å². The van der Waals surface area contributed by atoms with Crippen molar-refractivity contribution >= 4 is 27.5 Å². The maximum atomic E-state index is 6.20. The summed E-state index contributed by atoms with van der Waals surface area (Å²) >= 11 is 10.2. The van der Waals surface area contributed by atoms with Gasteiger partial charge in [0.15, 0.2) is 0 Å². The fourth-order valence-electron chi connectivity index (χ4n) is 3.69. The Morgan fingerprint density at radius 2 is 1.95 bits per heavy atom. The van der Waals surface area contributed by atoms with Crippen LogP contribution in [0.1, 0.15) is 56.3 Å². The molecule has 1 saturated carbocycles. The first-order chi connectivity index (χ1) is 9.48. The lowest BCUT2D eigenvalue weighted by Gasteiger charge is -2.36. The first kappa shape index (κ1) is 16.2. The van der Waals surface area contributed by atoms with E-state index in [2.05, 4.69) is 35.8 Å². The summed E-state index contributed by atoms with van der Waals surface area (Å²) in [5.74, 6) is 1.64. The molecule has 1 nitrogen and oxygen atoms in total. The largest absolute Gasteiger partial charge is 0.496 e. The molecule has 1 aromatic carbocycles. The molecule has 0 bridgehead atoms. The van der Waals surface area contributed by atoms with Gasteiger partial charge in [0.2, 0.25) is 0 Å². The fourth-order valence-corrected chi connectivity index (χ4v) is 4.87. The van der Waals surface area contributed by atoms with Gasteiger partial charge in [-0.2, -0.15) is 0 Å². The van der Waals surface area contributed by atoms with Crippen LogP contribution in [0, 0.1) is 11.3 Å². The molecule has 0 amide bonds. The van der Waals surface area contributed by atoms with E-state index in [0.29, 0.717) is 16.2 Å². The SMILES string of the molecule is COc1ccc(Cl)cc1C(Br)C1(CC(C)C)CCCC1. The van der Waals surface area contributed by atoms with Crippen LogP contribution in [0.25, 0.3) is 0 Å². The van der Waals surface area contributed by atoms with Crippen LogP contribution >= 0.6 is 27.5 Å². The summed E-state index contributed by atoms with van der Waals surface area (Å²) in [6.45, 7) is 4.63. The normalized spacial score (nSPS) is 19.3. The number of ether oxygens (including phenoxy) is 1. The maximum absolute atomic E-state index is 6.20. The molecule has 1 aliphatic rings. The summed E-state index contributed by atoms with van der Waals surface area (Å²) in [7, 11) is 1.73. The Morgan fingerprint density at radius 1 is 1.30 bits per heavy atom. The molecule has 1 atom stereocenters. The van der Waals surface area contributed by atoms with E-state index in [1.165, 1.54) is 37.7 Å². The lowest BCUT2D eigenvalue weighted by atomic mass is 9.74. The van der Waals surface area contributed by atoms with Gasteiger partial charge in [-0.15, -0.1) is 0 Å². The fraction of sp³-hybridized carbons (Fsp3) is 0.647. The summed E-state index contributed by atoms with van der Waals surface area (Å²) in [5.41, 5.74) is 1.54. The number of alkyl halides is 1. The predicted octanol–water partition coefficient (Wildman–Crippen LogP) is 6.39. The third-order valence-corrected chi connectivity index (χ3v) is 6.12. The van der Waals surface area contributed by atoms with Crippen molar-refractivity contribution in [3.05, 3.63) is 28.8 Å². The average Bonchev–Trinajstić information content (AvgIpc) is 2.86. The molecule has 0 aliphatic heterocycles. The lowest BCUT2D eigenvalue weighted by Crippen LogP contribution is -2.24. The van der Waals surface area contributed by atoms with Crippen molar-refractivity contribution in [2.45, 2.75) is 50.8 Å². The predicted molar refractivity (Wildman–Crippen MR) is 90.0 cm³/mol. The Hall–Kier alpha value is -0.210. The minimum Gasteiger partial charge on any atom is -0.496 e. The zero-order valence-corrected chi connectivity index (χ0v) is 14.9. The Labute approximate surface area is 136 Å². The molecule has 3 heteroatoms. The summed E-state index contributed by atoms with van der Waals surface area (Å²) in [6, 6.07) is 5.93. The monoisotopic (exact) mass is 358 g/mol. The molecule has 112 valence electrons. The minimum atomic E-state index is 0.313. The second kappa shape index (κ2) is 6.70. The molecule has 0 heterocycles. The van der Waals surface area contributed by atoms with Crippen LogP contribution in [0.4, 0.5) is 0 Å². The molecule has 0 radical (unpaired) electrons. The molecule has 0 saturated heterocycles. The van der Waals surface area contributed by atoms with Crippen molar-refractivity contribution in [3.63, 3.8) is 0 Å². The molecule has 1 unspecified atom stereocenters. The smallest absolute Gasteiger partial charge is 0.123 e. The van der Waals surface area contributed by atoms with E-state index >= 15 is 0 Å². The molecule has 0 N–H and O–H groups in total. The van der Waals surface area contributed by atoms with Crippen molar-refractivity contribution < 1.29 is 4.74 Å². The summed E-state index contributed by atoms with van der Waals surface area (Å²) in [5, 5.41) is 0.781. The van der Waals surface area contributed by atoms with Crippen LogP contribution in [-0.2, 0) is 0 Å². The van der Waals surface area contributed by atoms with Gasteiger partial charge in [-0.1, -0.05) is 54.2 Å². The zero-order chi connectivity index (χ0) is 14.8. The molecule has 1 aliphatic carbocycles. The first-order valence-electron chi connectivity index (χ1n) is 7.46. The van der Waals surface area contributed by atoms with Gasteiger partial charge in [0.25, 0.3) is 0 Å². The molecular weight excluding hydrogens is 336 g/mol. The van der Waals surface area contributed by atoms with Crippen molar-refractivity contribution in [1.82, 2.24) is 0 Å². The van der Waals surface area contributed by atoms with Gasteiger partial charge in [0, 0.05) is 15.4 Å². The Balaban J connectivity index is 2.36. The zero-order valence-electron chi connectivity index (χ0n) is 12.6. The number of methoxy groups -OCH3 is 1. The van der Waals surface area contributed by atoms with Gasteiger partial charge < -0.3 is 4.74 Å². The highest BCUT2D eigenvalue weighted by Gasteiger charge is 2.42. The molecule has 2 rings (SSSR count). The van der Waals surface area contributed by atoms with Crippen LogP contribution in [0.3, 0.4) is 0 Å². The minimum absolute atomic E-state index is 0.313. The van der Waals surface area contributed by atoms with E-state index in [4.69, 9.17) is 16.3 Å². The molecule has 0 spiro atoms. The van der Waals surface area contributed by atoms with E-state index in [0.717, 1.165) is 10.8 Å². The Bertz CT molecular complexity index is 452. The third kappa shape index (κ3) is 3.33. The van der Waals surface area contributed by atoms with Crippen molar-refractivity contribution in [2.24, 2.45) is 11.3 Å². The highest BCUT2D eigenvalue weighted by Crippen LogP contribution is 2.57. The van der Waals surface area contributed by atoms with Crippen LogP contribution in [0.2, 0.25) is 5.02 Å². The third-order valence-electron chi connectivity index (χ3n) is 4.42. The van der Waals surface area contributed by atoms with E-state index in [1.807, 2.05) is 12.1 Å². The summed E-state index contributed by atoms with van der Waals surface area (Å²) < 4.78 is 5.54. The van der Waals surface area contributed by atoms with Crippen LogP contribution in [-0.4, -0.2) is 7.11 Å². The number of halogens is 2. The van der Waals surface area contributed by atoms with E-state index in [9.17, 15) is 0 Å². The quantitative estimate of drug-likeness (QED) is 0.553. The van der Waals surface area contributed by atoms with Crippen LogP contribution < -0.4 is 4.74 Å². The van der Waals surface area contributed by atoms with Crippen LogP contribution in [0.15, 0.2) is 18.2 Å².